The Morgan fingerprint density at radius 1 is 1.11 bits per heavy atom. The average molecular weight is 437 g/mol. The monoisotopic (exact) mass is 436 g/mol. The SMILES string of the molecule is COc1cccc(CNc2ccc3c(c2)C(N)(c2ccc(Br)cc2)N=CN3)c1. The van der Waals surface area contributed by atoms with E-state index in [2.05, 4.69) is 43.7 Å². The van der Waals surface area contributed by atoms with Crippen LogP contribution in [0.25, 0.3) is 0 Å². The summed E-state index contributed by atoms with van der Waals surface area (Å²) in [6.07, 6.45) is 1.66. The highest BCUT2D eigenvalue weighted by Gasteiger charge is 2.33. The van der Waals surface area contributed by atoms with E-state index in [0.29, 0.717) is 6.54 Å². The third-order valence-corrected chi connectivity index (χ3v) is 5.36. The van der Waals surface area contributed by atoms with Gasteiger partial charge in [-0.05, 0) is 53.6 Å². The lowest BCUT2D eigenvalue weighted by Crippen LogP contribution is -2.39. The Hall–Kier alpha value is -2.83. The van der Waals surface area contributed by atoms with Crippen molar-refractivity contribution in [1.82, 2.24) is 0 Å². The van der Waals surface area contributed by atoms with E-state index in [0.717, 1.165) is 38.3 Å². The first kappa shape index (κ1) is 18.5. The van der Waals surface area contributed by atoms with Gasteiger partial charge in [-0.15, -0.1) is 0 Å². The number of nitrogens with zero attached hydrogens (tertiary/aromatic N) is 1. The highest BCUT2D eigenvalue weighted by Crippen LogP contribution is 2.37. The van der Waals surface area contributed by atoms with E-state index in [1.807, 2.05) is 54.6 Å². The summed E-state index contributed by atoms with van der Waals surface area (Å²) in [6, 6.07) is 22.1. The molecule has 0 bridgehead atoms. The van der Waals surface area contributed by atoms with E-state index in [1.165, 1.54) is 0 Å². The van der Waals surface area contributed by atoms with Crippen molar-refractivity contribution >= 4 is 33.6 Å². The number of fused-ring (bicyclic) bond motifs is 1. The van der Waals surface area contributed by atoms with Gasteiger partial charge in [0.15, 0.2) is 5.66 Å². The van der Waals surface area contributed by atoms with Gasteiger partial charge in [-0.25, -0.2) is 4.99 Å². The fraction of sp³-hybridized carbons (Fsp3) is 0.136. The summed E-state index contributed by atoms with van der Waals surface area (Å²) in [4.78, 5) is 4.57. The number of hydrogen-bond acceptors (Lipinski definition) is 5. The van der Waals surface area contributed by atoms with Crippen LogP contribution in [-0.4, -0.2) is 13.4 Å². The van der Waals surface area contributed by atoms with Crippen molar-refractivity contribution in [2.45, 2.75) is 12.2 Å². The van der Waals surface area contributed by atoms with E-state index in [-0.39, 0.29) is 0 Å². The number of nitrogens with one attached hydrogen (secondary N) is 2. The summed E-state index contributed by atoms with van der Waals surface area (Å²) >= 11 is 3.47. The quantitative estimate of drug-likeness (QED) is 0.542. The second-order valence-corrected chi connectivity index (χ2v) is 7.56. The van der Waals surface area contributed by atoms with Crippen LogP contribution in [-0.2, 0) is 12.2 Å². The number of hydrogen-bond donors (Lipinski definition) is 3. The fourth-order valence-electron chi connectivity index (χ4n) is 3.29. The van der Waals surface area contributed by atoms with E-state index in [9.17, 15) is 0 Å². The van der Waals surface area contributed by atoms with Gasteiger partial charge in [0.05, 0.1) is 13.4 Å². The summed E-state index contributed by atoms with van der Waals surface area (Å²) < 4.78 is 6.30. The molecule has 1 aliphatic rings. The molecule has 142 valence electrons. The van der Waals surface area contributed by atoms with Crippen LogP contribution in [0.3, 0.4) is 0 Å². The first-order chi connectivity index (χ1) is 13.6. The lowest BCUT2D eigenvalue weighted by Gasteiger charge is -2.32. The Morgan fingerprint density at radius 2 is 1.93 bits per heavy atom. The topological polar surface area (TPSA) is 71.7 Å². The Balaban J connectivity index is 1.62. The van der Waals surface area contributed by atoms with Gasteiger partial charge in [-0.3, -0.25) is 5.73 Å². The molecule has 1 unspecified atom stereocenters. The minimum Gasteiger partial charge on any atom is -0.497 e. The number of rotatable bonds is 5. The molecule has 4 rings (SSSR count). The van der Waals surface area contributed by atoms with Crippen molar-refractivity contribution in [2.24, 2.45) is 10.7 Å². The number of nitrogens with two attached hydrogens (primary N) is 1. The van der Waals surface area contributed by atoms with E-state index in [4.69, 9.17) is 10.5 Å². The molecule has 5 nitrogen and oxygen atoms in total. The summed E-state index contributed by atoms with van der Waals surface area (Å²) in [5, 5.41) is 6.65. The molecule has 28 heavy (non-hydrogen) atoms. The normalized spacial score (nSPS) is 17.5. The van der Waals surface area contributed by atoms with Gasteiger partial charge in [-0.2, -0.15) is 0 Å². The van der Waals surface area contributed by atoms with Crippen molar-refractivity contribution in [3.05, 3.63) is 87.9 Å². The lowest BCUT2D eigenvalue weighted by atomic mass is 9.90. The van der Waals surface area contributed by atoms with Crippen LogP contribution < -0.4 is 21.1 Å². The smallest absolute Gasteiger partial charge is 0.163 e. The number of aliphatic imine (C=N–C) groups is 1. The first-order valence-electron chi connectivity index (χ1n) is 8.95. The molecule has 0 aliphatic carbocycles. The van der Waals surface area contributed by atoms with Crippen LogP contribution in [0.5, 0.6) is 5.75 Å². The molecule has 0 radical (unpaired) electrons. The summed E-state index contributed by atoms with van der Waals surface area (Å²) in [6.45, 7) is 0.683. The van der Waals surface area contributed by atoms with Gasteiger partial charge >= 0.3 is 0 Å². The minimum absolute atomic E-state index is 0.683. The zero-order valence-corrected chi connectivity index (χ0v) is 17.0. The predicted molar refractivity (Wildman–Crippen MR) is 118 cm³/mol. The van der Waals surface area contributed by atoms with Crippen molar-refractivity contribution in [1.29, 1.82) is 0 Å². The molecule has 0 saturated heterocycles. The van der Waals surface area contributed by atoms with Gasteiger partial charge < -0.3 is 15.4 Å². The van der Waals surface area contributed by atoms with Crippen LogP contribution in [0.2, 0.25) is 0 Å². The second-order valence-electron chi connectivity index (χ2n) is 6.64. The van der Waals surface area contributed by atoms with E-state index < -0.39 is 5.66 Å². The zero-order valence-electron chi connectivity index (χ0n) is 15.4. The number of benzene rings is 3. The molecular weight excluding hydrogens is 416 g/mol. The number of methoxy groups -OCH3 is 1. The molecule has 6 heteroatoms. The van der Waals surface area contributed by atoms with Crippen molar-refractivity contribution in [2.75, 3.05) is 17.7 Å². The first-order valence-corrected chi connectivity index (χ1v) is 9.74. The van der Waals surface area contributed by atoms with Crippen molar-refractivity contribution < 1.29 is 4.74 Å². The molecule has 4 N–H and O–H groups in total. The number of anilines is 2. The Bertz CT molecular complexity index is 1020. The zero-order chi connectivity index (χ0) is 19.6. The average Bonchev–Trinajstić information content (AvgIpc) is 2.73. The minimum atomic E-state index is -0.936. The fourth-order valence-corrected chi connectivity index (χ4v) is 3.55. The van der Waals surface area contributed by atoms with E-state index in [1.54, 1.807) is 13.4 Å². The third-order valence-electron chi connectivity index (χ3n) is 4.83. The van der Waals surface area contributed by atoms with Crippen LogP contribution in [0.4, 0.5) is 11.4 Å². The molecule has 0 aromatic heterocycles. The number of ether oxygens (including phenoxy) is 1. The van der Waals surface area contributed by atoms with Gasteiger partial charge in [0.1, 0.15) is 5.75 Å². The molecule has 0 spiro atoms. The Kier molecular flexibility index (Phi) is 5.07. The van der Waals surface area contributed by atoms with Crippen molar-refractivity contribution in [3.8, 4) is 5.75 Å². The van der Waals surface area contributed by atoms with Crippen LogP contribution >= 0.6 is 15.9 Å². The van der Waals surface area contributed by atoms with Gasteiger partial charge in [-0.1, -0.05) is 40.2 Å². The molecule has 1 atom stereocenters. The maximum atomic E-state index is 6.76. The highest BCUT2D eigenvalue weighted by atomic mass is 79.9. The predicted octanol–water partition coefficient (Wildman–Crippen LogP) is 4.68. The van der Waals surface area contributed by atoms with Gasteiger partial charge in [0, 0.05) is 28.0 Å². The molecule has 1 heterocycles. The molecule has 0 amide bonds. The molecule has 0 fully saturated rings. The largest absolute Gasteiger partial charge is 0.497 e. The van der Waals surface area contributed by atoms with Gasteiger partial charge in [0.25, 0.3) is 0 Å². The summed E-state index contributed by atoms with van der Waals surface area (Å²) in [5.41, 5.74) is 10.7. The Morgan fingerprint density at radius 3 is 2.71 bits per heavy atom. The number of halogens is 1. The second kappa shape index (κ2) is 7.66. The maximum absolute atomic E-state index is 6.76. The van der Waals surface area contributed by atoms with Gasteiger partial charge in [0.2, 0.25) is 0 Å². The van der Waals surface area contributed by atoms with Crippen LogP contribution in [0, 0.1) is 0 Å². The summed E-state index contributed by atoms with van der Waals surface area (Å²) in [5.74, 6) is 0.847. The molecular formula is C22H21BrN4O. The molecule has 3 aromatic carbocycles. The maximum Gasteiger partial charge on any atom is 0.163 e. The molecule has 1 aliphatic heterocycles. The van der Waals surface area contributed by atoms with E-state index >= 15 is 0 Å². The highest BCUT2D eigenvalue weighted by molar-refractivity contribution is 9.10. The third kappa shape index (κ3) is 3.61. The Labute approximate surface area is 172 Å². The van der Waals surface area contributed by atoms with Crippen LogP contribution in [0.15, 0.2) is 76.2 Å². The van der Waals surface area contributed by atoms with Crippen LogP contribution in [0.1, 0.15) is 16.7 Å². The molecule has 0 saturated carbocycles. The van der Waals surface area contributed by atoms with Crippen molar-refractivity contribution in [3.63, 3.8) is 0 Å². The molecule has 3 aromatic rings. The standard InChI is InChI=1S/C22H21BrN4O/c1-28-19-4-2-3-15(11-19)13-25-18-9-10-21-20(12-18)22(24,27-14-26-21)16-5-7-17(23)8-6-16/h2-12,14,25H,13,24H2,1H3,(H,26,27). The lowest BCUT2D eigenvalue weighted by molar-refractivity contribution is 0.414. The summed E-state index contributed by atoms with van der Waals surface area (Å²) in [7, 11) is 1.67.